The van der Waals surface area contributed by atoms with Crippen LogP contribution in [0.2, 0.25) is 0 Å². The lowest BCUT2D eigenvalue weighted by Gasteiger charge is -2.06. The lowest BCUT2D eigenvalue weighted by Crippen LogP contribution is -2.14. The average molecular weight is 267 g/mol. The van der Waals surface area contributed by atoms with Crippen LogP contribution in [0.1, 0.15) is 21.7 Å². The van der Waals surface area contributed by atoms with Gasteiger partial charge in [-0.25, -0.2) is 0 Å². The van der Waals surface area contributed by atoms with Crippen LogP contribution >= 0.6 is 0 Å². The van der Waals surface area contributed by atoms with Gasteiger partial charge in [-0.1, -0.05) is 18.2 Å². The molecule has 1 aromatic carbocycles. The van der Waals surface area contributed by atoms with E-state index in [1.54, 1.807) is 4.57 Å². The molecule has 3 aromatic rings. The second-order valence-corrected chi connectivity index (χ2v) is 5.11. The topological polar surface area (TPSA) is 63.8 Å². The molecule has 4 heteroatoms. The number of fused-ring (bicyclic) bond motifs is 1. The zero-order chi connectivity index (χ0) is 14.3. The Labute approximate surface area is 117 Å². The van der Waals surface area contributed by atoms with Crippen molar-refractivity contribution in [1.82, 2.24) is 9.55 Å². The molecule has 4 nitrogen and oxygen atoms in total. The van der Waals surface area contributed by atoms with Crippen molar-refractivity contribution >= 4 is 22.5 Å². The minimum Gasteiger partial charge on any atom is -0.397 e. The molecule has 0 aliphatic rings. The molecule has 0 spiro atoms. The summed E-state index contributed by atoms with van der Waals surface area (Å²) in [4.78, 5) is 15.7. The van der Waals surface area contributed by atoms with Crippen LogP contribution in [0.4, 0.5) is 5.69 Å². The number of rotatable bonds is 2. The van der Waals surface area contributed by atoms with Gasteiger partial charge in [0.2, 0.25) is 5.91 Å². The van der Waals surface area contributed by atoms with Crippen LogP contribution in [-0.4, -0.2) is 15.5 Å². The van der Waals surface area contributed by atoms with E-state index >= 15 is 0 Å². The molecule has 0 aliphatic heterocycles. The van der Waals surface area contributed by atoms with Crippen molar-refractivity contribution < 1.29 is 4.79 Å². The van der Waals surface area contributed by atoms with Crippen molar-refractivity contribution in [2.24, 2.45) is 0 Å². The van der Waals surface area contributed by atoms with Crippen molar-refractivity contribution in [3.63, 3.8) is 0 Å². The monoisotopic (exact) mass is 267 g/mol. The smallest absolute Gasteiger partial charge is 0.235 e. The molecule has 0 radical (unpaired) electrons. The van der Waals surface area contributed by atoms with E-state index in [9.17, 15) is 4.79 Å². The van der Waals surface area contributed by atoms with Crippen molar-refractivity contribution in [3.05, 3.63) is 53.5 Å². The zero-order valence-electron chi connectivity index (χ0n) is 11.6. The van der Waals surface area contributed by atoms with Crippen molar-refractivity contribution in [2.75, 3.05) is 5.73 Å². The second-order valence-electron chi connectivity index (χ2n) is 5.11. The number of nitrogen functional groups attached to an aromatic ring is 1. The Morgan fingerprint density at radius 3 is 2.75 bits per heavy atom. The molecule has 0 unspecified atom stereocenters. The van der Waals surface area contributed by atoms with E-state index in [4.69, 9.17) is 5.73 Å². The Morgan fingerprint density at radius 1 is 1.30 bits per heavy atom. The number of para-hydroxylation sites is 1. The van der Waals surface area contributed by atoms with Crippen LogP contribution in [0.5, 0.6) is 0 Å². The summed E-state index contributed by atoms with van der Waals surface area (Å²) in [6.45, 7) is 3.86. The summed E-state index contributed by atoms with van der Waals surface area (Å²) >= 11 is 0. The largest absolute Gasteiger partial charge is 0.397 e. The fourth-order valence-electron chi connectivity index (χ4n) is 2.64. The first-order valence-corrected chi connectivity index (χ1v) is 6.60. The highest BCUT2D eigenvalue weighted by atomic mass is 16.2. The molecule has 0 saturated carbocycles. The van der Waals surface area contributed by atoms with Gasteiger partial charge in [-0.2, -0.15) is 0 Å². The molecule has 0 fully saturated rings. The summed E-state index contributed by atoms with van der Waals surface area (Å²) in [5.74, 6) is 0.0365. The highest BCUT2D eigenvalue weighted by Crippen LogP contribution is 2.28. The van der Waals surface area contributed by atoms with Gasteiger partial charge in [0.05, 0.1) is 17.6 Å². The van der Waals surface area contributed by atoms with E-state index in [1.165, 1.54) is 0 Å². The number of aromatic amines is 1. The van der Waals surface area contributed by atoms with Gasteiger partial charge in [-0.3, -0.25) is 9.36 Å². The molecular weight excluding hydrogens is 250 g/mol. The summed E-state index contributed by atoms with van der Waals surface area (Å²) in [5, 5.41) is 0.934. The van der Waals surface area contributed by atoms with Gasteiger partial charge in [0.25, 0.3) is 0 Å². The highest BCUT2D eigenvalue weighted by Gasteiger charge is 2.17. The zero-order valence-corrected chi connectivity index (χ0v) is 11.6. The summed E-state index contributed by atoms with van der Waals surface area (Å²) < 4.78 is 1.72. The fraction of sp³-hybridized carbons (Fsp3) is 0.188. The molecule has 2 heterocycles. The molecule has 0 saturated heterocycles. The van der Waals surface area contributed by atoms with Gasteiger partial charge >= 0.3 is 0 Å². The van der Waals surface area contributed by atoms with Gasteiger partial charge in [-0.05, 0) is 31.5 Å². The molecule has 0 aliphatic carbocycles. The van der Waals surface area contributed by atoms with Gasteiger partial charge in [0.1, 0.15) is 0 Å². The number of aryl methyl sites for hydroxylation is 1. The standard InChI is InChI=1S/C16H17N3O/c1-10-7-12(9-18-10)8-15(20)19-11(2)16(17)13-5-3-4-6-14(13)19/h3-7,9,18H,8,17H2,1-2H3. The molecular formula is C16H17N3O. The number of H-pyrrole nitrogens is 1. The third kappa shape index (κ3) is 1.90. The minimum absolute atomic E-state index is 0.0365. The van der Waals surface area contributed by atoms with Gasteiger partial charge in [0.15, 0.2) is 0 Å². The highest BCUT2D eigenvalue weighted by molar-refractivity contribution is 6.01. The first kappa shape index (κ1) is 12.5. The SMILES string of the molecule is Cc1cc(CC(=O)n2c(C)c(N)c3ccccc32)c[nH]1. The predicted octanol–water partition coefficient (Wildman–Crippen LogP) is 3.05. The van der Waals surface area contributed by atoms with E-state index in [1.807, 2.05) is 50.4 Å². The molecule has 3 rings (SSSR count). The van der Waals surface area contributed by atoms with Gasteiger partial charge in [-0.15, -0.1) is 0 Å². The predicted molar refractivity (Wildman–Crippen MR) is 80.9 cm³/mol. The van der Waals surface area contributed by atoms with E-state index in [0.717, 1.165) is 27.9 Å². The number of hydrogen-bond donors (Lipinski definition) is 2. The fourth-order valence-corrected chi connectivity index (χ4v) is 2.64. The maximum absolute atomic E-state index is 12.6. The number of aromatic nitrogens is 2. The molecule has 0 amide bonds. The van der Waals surface area contributed by atoms with Crippen LogP contribution in [0.25, 0.3) is 10.9 Å². The van der Waals surface area contributed by atoms with Crippen LogP contribution < -0.4 is 5.73 Å². The maximum Gasteiger partial charge on any atom is 0.235 e. The Hall–Kier alpha value is -2.49. The minimum atomic E-state index is 0.0365. The third-order valence-corrected chi connectivity index (χ3v) is 3.65. The number of hydrogen-bond acceptors (Lipinski definition) is 2. The van der Waals surface area contributed by atoms with Crippen LogP contribution in [-0.2, 0) is 6.42 Å². The van der Waals surface area contributed by atoms with Crippen LogP contribution in [0.3, 0.4) is 0 Å². The summed E-state index contributed by atoms with van der Waals surface area (Å²) in [6.07, 6.45) is 2.24. The lowest BCUT2D eigenvalue weighted by molar-refractivity contribution is 0.0917. The van der Waals surface area contributed by atoms with E-state index < -0.39 is 0 Å². The molecule has 20 heavy (non-hydrogen) atoms. The number of nitrogens with zero attached hydrogens (tertiary/aromatic N) is 1. The Bertz CT molecular complexity index is 795. The molecule has 2 aromatic heterocycles. The molecule has 102 valence electrons. The Morgan fingerprint density at radius 2 is 2.05 bits per heavy atom. The second kappa shape index (κ2) is 4.56. The van der Waals surface area contributed by atoms with Gasteiger partial charge in [0, 0.05) is 23.0 Å². The lowest BCUT2D eigenvalue weighted by atomic mass is 10.2. The first-order valence-electron chi connectivity index (χ1n) is 6.60. The number of nitrogens with one attached hydrogen (secondary N) is 1. The molecule has 0 bridgehead atoms. The number of carbonyl (C=O) groups excluding carboxylic acids is 1. The normalized spacial score (nSPS) is 11.1. The average Bonchev–Trinajstić information content (AvgIpc) is 2.93. The van der Waals surface area contributed by atoms with E-state index in [2.05, 4.69) is 4.98 Å². The van der Waals surface area contributed by atoms with Crippen LogP contribution in [0, 0.1) is 13.8 Å². The maximum atomic E-state index is 12.6. The summed E-state index contributed by atoms with van der Waals surface area (Å²) in [6, 6.07) is 9.72. The quantitative estimate of drug-likeness (QED) is 0.749. The van der Waals surface area contributed by atoms with E-state index in [0.29, 0.717) is 12.1 Å². The molecule has 3 N–H and O–H groups in total. The summed E-state index contributed by atoms with van der Waals surface area (Å²) in [5.41, 5.74) is 10.5. The van der Waals surface area contributed by atoms with Crippen molar-refractivity contribution in [1.29, 1.82) is 0 Å². The van der Waals surface area contributed by atoms with Crippen molar-refractivity contribution in [3.8, 4) is 0 Å². The Kier molecular flexibility index (Phi) is 2.86. The number of nitrogens with two attached hydrogens (primary N) is 1. The number of benzene rings is 1. The molecule has 0 atom stereocenters. The number of carbonyl (C=O) groups is 1. The first-order chi connectivity index (χ1) is 9.58. The van der Waals surface area contributed by atoms with Crippen molar-refractivity contribution in [2.45, 2.75) is 20.3 Å². The van der Waals surface area contributed by atoms with Crippen LogP contribution in [0.15, 0.2) is 36.5 Å². The van der Waals surface area contributed by atoms with E-state index in [-0.39, 0.29) is 5.91 Å². The number of anilines is 1. The third-order valence-electron chi connectivity index (χ3n) is 3.65. The Balaban J connectivity index is 2.05. The summed E-state index contributed by atoms with van der Waals surface area (Å²) in [7, 11) is 0. The van der Waals surface area contributed by atoms with Gasteiger partial charge < -0.3 is 10.7 Å².